The van der Waals surface area contributed by atoms with E-state index >= 15 is 0 Å². The van der Waals surface area contributed by atoms with Gasteiger partial charge in [-0.2, -0.15) is 0 Å². The van der Waals surface area contributed by atoms with Crippen LogP contribution in [-0.4, -0.2) is 42.2 Å². The molecule has 8 heavy (non-hydrogen) atoms. The molecule has 0 saturated carbocycles. The Bertz CT molecular complexity index is 64.3. The summed E-state index contributed by atoms with van der Waals surface area (Å²) in [5.41, 5.74) is 0. The van der Waals surface area contributed by atoms with Crippen molar-refractivity contribution in [3.8, 4) is 0 Å². The van der Waals surface area contributed by atoms with E-state index in [2.05, 4.69) is 4.74 Å². The number of rotatable bonds is 3. The molecule has 0 fully saturated rings. The maximum absolute atomic E-state index is 9.68. The quantitative estimate of drug-likeness (QED) is 0.499. The maximum Gasteiger partial charge on any atom is 0.305 e. The second kappa shape index (κ2) is 6.96. The minimum absolute atomic E-state index is 0. The molecule has 0 saturated heterocycles. The lowest BCUT2D eigenvalue weighted by Gasteiger charge is -1.88. The third kappa shape index (κ3) is 9.35. The van der Waals surface area contributed by atoms with Gasteiger partial charge in [-0.3, -0.25) is 4.79 Å². The van der Waals surface area contributed by atoms with Crippen molar-refractivity contribution in [1.82, 2.24) is 0 Å². The Labute approximate surface area is 58.8 Å². The van der Waals surface area contributed by atoms with Gasteiger partial charge < -0.3 is 9.84 Å². The fraction of sp³-hybridized carbons (Fsp3) is 0.750. The van der Waals surface area contributed by atoms with E-state index in [0.717, 1.165) is 0 Å². The Morgan fingerprint density at radius 2 is 2.25 bits per heavy atom. The zero-order valence-electron chi connectivity index (χ0n) is 4.18. The Morgan fingerprint density at radius 3 is 2.38 bits per heavy atom. The number of carboxylic acids is 1. The molecule has 0 aliphatic carbocycles. The van der Waals surface area contributed by atoms with Gasteiger partial charge in [0.25, 0.3) is 0 Å². The molecule has 0 aliphatic rings. The summed E-state index contributed by atoms with van der Waals surface area (Å²) >= 11 is 0. The van der Waals surface area contributed by atoms with Crippen molar-refractivity contribution in [3.63, 3.8) is 0 Å². The molecule has 0 unspecified atom stereocenters. The summed E-state index contributed by atoms with van der Waals surface area (Å²) in [6.07, 6.45) is 0.0938. The van der Waals surface area contributed by atoms with Crippen molar-refractivity contribution >= 4 is 23.3 Å². The second-order valence-electron chi connectivity index (χ2n) is 1.14. The number of hydrogen-bond donors (Lipinski definition) is 1. The van der Waals surface area contributed by atoms with Gasteiger partial charge in [-0.1, -0.05) is 0 Å². The van der Waals surface area contributed by atoms with Gasteiger partial charge in [-0.05, 0) is 0 Å². The summed E-state index contributed by atoms with van der Waals surface area (Å²) in [5, 5.41) is 7.96. The number of ether oxygens (including phenoxy) is 1. The lowest BCUT2D eigenvalue weighted by atomic mass is 10.5. The van der Waals surface area contributed by atoms with Crippen molar-refractivity contribution in [1.29, 1.82) is 0 Å². The summed E-state index contributed by atoms with van der Waals surface area (Å²) in [6.45, 7) is 0.301. The zero-order chi connectivity index (χ0) is 5.70. The lowest BCUT2D eigenvalue weighted by Crippen LogP contribution is -1.99. The third-order valence-electron chi connectivity index (χ3n) is 0.520. The predicted octanol–water partition coefficient (Wildman–Crippen LogP) is -1.08. The Morgan fingerprint density at radius 1 is 1.75 bits per heavy atom. The monoisotopic (exact) mass is 134 g/mol. The molecule has 0 aromatic carbocycles. The van der Waals surface area contributed by atoms with Crippen LogP contribution in [0, 0.1) is 0 Å². The van der Waals surface area contributed by atoms with Gasteiger partial charge in [0.2, 0.25) is 0 Å². The predicted molar refractivity (Wildman–Crippen MR) is 34.1 cm³/mol. The van der Waals surface area contributed by atoms with Crippen molar-refractivity contribution < 1.29 is 14.6 Å². The number of hydrogen-bond acceptors (Lipinski definition) is 2. The van der Waals surface area contributed by atoms with Gasteiger partial charge in [0.15, 0.2) is 17.4 Å². The molecular weight excluding hydrogens is 123 g/mol. The van der Waals surface area contributed by atoms with Crippen LogP contribution >= 0.6 is 0 Å². The Balaban J connectivity index is 0. The normalized spacial score (nSPS) is 7.62. The minimum Gasteiger partial charge on any atom is -0.481 e. The van der Waals surface area contributed by atoms with Gasteiger partial charge in [-0.15, -0.1) is 0 Å². The fourth-order valence-corrected chi connectivity index (χ4v) is 0.189. The SMILES string of the molecule is COCCC(=O)O.[AlH3]. The van der Waals surface area contributed by atoms with E-state index in [-0.39, 0.29) is 23.8 Å². The molecule has 1 N–H and O–H groups in total. The first-order valence-corrected chi connectivity index (χ1v) is 1.98. The van der Waals surface area contributed by atoms with Crippen molar-refractivity contribution in [2.45, 2.75) is 6.42 Å². The first-order valence-electron chi connectivity index (χ1n) is 1.98. The average Bonchev–Trinajstić information content (AvgIpc) is 1.61. The third-order valence-corrected chi connectivity index (χ3v) is 0.520. The van der Waals surface area contributed by atoms with Gasteiger partial charge in [0.05, 0.1) is 13.0 Å². The average molecular weight is 134 g/mol. The topological polar surface area (TPSA) is 46.5 Å². The van der Waals surface area contributed by atoms with E-state index in [0.29, 0.717) is 6.61 Å². The number of aliphatic carboxylic acids is 1. The molecule has 0 radical (unpaired) electrons. The molecule has 0 aliphatic heterocycles. The summed E-state index contributed by atoms with van der Waals surface area (Å²) in [7, 11) is 1.48. The molecule has 4 heteroatoms. The fourth-order valence-electron chi connectivity index (χ4n) is 0.189. The zero-order valence-corrected chi connectivity index (χ0v) is 4.18. The molecule has 0 rings (SSSR count). The molecule has 0 spiro atoms. The highest BCUT2D eigenvalue weighted by atomic mass is 27.0. The summed E-state index contributed by atoms with van der Waals surface area (Å²) < 4.78 is 4.47. The van der Waals surface area contributed by atoms with Gasteiger partial charge in [-0.25, -0.2) is 0 Å². The number of methoxy groups -OCH3 is 1. The molecule has 0 aromatic rings. The van der Waals surface area contributed by atoms with Crippen LogP contribution in [0.2, 0.25) is 0 Å². The van der Waals surface area contributed by atoms with Crippen molar-refractivity contribution in [2.75, 3.05) is 13.7 Å². The molecular formula is C4H11AlO3. The highest BCUT2D eigenvalue weighted by molar-refractivity contribution is 5.75. The molecule has 0 aromatic heterocycles. The molecule has 48 valence electrons. The molecule has 0 amide bonds. The van der Waals surface area contributed by atoms with E-state index in [1.54, 1.807) is 0 Å². The standard InChI is InChI=1S/C4H8O3.Al.3H/c1-7-3-2-4(5)6;;;;/h2-3H2,1H3,(H,5,6);;;;. The lowest BCUT2D eigenvalue weighted by molar-refractivity contribution is -0.137. The smallest absolute Gasteiger partial charge is 0.305 e. The highest BCUT2D eigenvalue weighted by Gasteiger charge is 1.91. The van der Waals surface area contributed by atoms with Crippen LogP contribution in [0.3, 0.4) is 0 Å². The minimum atomic E-state index is -0.818. The largest absolute Gasteiger partial charge is 0.481 e. The Hall–Kier alpha value is -0.0375. The maximum atomic E-state index is 9.68. The van der Waals surface area contributed by atoms with Crippen LogP contribution in [0.25, 0.3) is 0 Å². The van der Waals surface area contributed by atoms with Crippen LogP contribution < -0.4 is 0 Å². The summed E-state index contributed by atoms with van der Waals surface area (Å²) in [4.78, 5) is 9.68. The second-order valence-corrected chi connectivity index (χ2v) is 1.14. The van der Waals surface area contributed by atoms with E-state index < -0.39 is 5.97 Å². The molecule has 0 bridgehead atoms. The van der Waals surface area contributed by atoms with Crippen LogP contribution in [0.1, 0.15) is 6.42 Å². The summed E-state index contributed by atoms with van der Waals surface area (Å²) in [6, 6.07) is 0. The van der Waals surface area contributed by atoms with E-state index in [4.69, 9.17) is 5.11 Å². The first-order chi connectivity index (χ1) is 3.27. The molecule has 3 nitrogen and oxygen atoms in total. The van der Waals surface area contributed by atoms with Gasteiger partial charge >= 0.3 is 5.97 Å². The number of carboxylic acid groups (broad SMARTS) is 1. The van der Waals surface area contributed by atoms with Crippen molar-refractivity contribution in [2.24, 2.45) is 0 Å². The van der Waals surface area contributed by atoms with Crippen LogP contribution in [0.4, 0.5) is 0 Å². The highest BCUT2D eigenvalue weighted by Crippen LogP contribution is 1.76. The van der Waals surface area contributed by atoms with Crippen LogP contribution in [0.5, 0.6) is 0 Å². The Kier molecular flexibility index (Phi) is 9.45. The first kappa shape index (κ1) is 10.9. The van der Waals surface area contributed by atoms with E-state index in [9.17, 15) is 4.79 Å². The van der Waals surface area contributed by atoms with E-state index in [1.165, 1.54) is 7.11 Å². The molecule has 0 heterocycles. The number of carbonyl (C=O) groups is 1. The van der Waals surface area contributed by atoms with Gasteiger partial charge in [0.1, 0.15) is 0 Å². The van der Waals surface area contributed by atoms with E-state index in [1.807, 2.05) is 0 Å². The van der Waals surface area contributed by atoms with Gasteiger partial charge in [0, 0.05) is 7.11 Å². The van der Waals surface area contributed by atoms with Crippen molar-refractivity contribution in [3.05, 3.63) is 0 Å². The van der Waals surface area contributed by atoms with Crippen LogP contribution in [0.15, 0.2) is 0 Å². The van der Waals surface area contributed by atoms with Crippen LogP contribution in [-0.2, 0) is 9.53 Å². The summed E-state index contributed by atoms with van der Waals surface area (Å²) in [5.74, 6) is -0.818. The molecule has 0 atom stereocenters.